The van der Waals surface area contributed by atoms with Crippen LogP contribution in [0.15, 0.2) is 42.7 Å². The molecule has 0 atom stereocenters. The summed E-state index contributed by atoms with van der Waals surface area (Å²) in [4.78, 5) is 9.33. The third kappa shape index (κ3) is 2.82. The predicted molar refractivity (Wildman–Crippen MR) is 82.1 cm³/mol. The van der Waals surface area contributed by atoms with Gasteiger partial charge in [-0.1, -0.05) is 30.3 Å². The molecule has 2 heterocycles. The standard InChI is InChI=1S/C17H21N3O/c1-18-11-14-12-19-16(20-13-14)17(7-9-21-10-8-17)15-5-3-2-4-6-15/h2-6,12-13,18H,7-11H2,1H3. The highest BCUT2D eigenvalue weighted by Crippen LogP contribution is 2.39. The van der Waals surface area contributed by atoms with Crippen LogP contribution >= 0.6 is 0 Å². The van der Waals surface area contributed by atoms with E-state index >= 15 is 0 Å². The molecule has 0 bridgehead atoms. The van der Waals surface area contributed by atoms with Gasteiger partial charge in [0.1, 0.15) is 5.82 Å². The Balaban J connectivity index is 1.99. The maximum Gasteiger partial charge on any atom is 0.138 e. The number of ether oxygens (including phenoxy) is 1. The summed E-state index contributed by atoms with van der Waals surface area (Å²) in [5, 5.41) is 3.12. The van der Waals surface area contributed by atoms with Crippen molar-refractivity contribution in [2.45, 2.75) is 24.8 Å². The molecule has 1 N–H and O–H groups in total. The second-order valence-electron chi connectivity index (χ2n) is 5.51. The average Bonchev–Trinajstić information content (AvgIpc) is 2.57. The Morgan fingerprint density at radius 2 is 1.76 bits per heavy atom. The van der Waals surface area contributed by atoms with E-state index in [9.17, 15) is 0 Å². The minimum Gasteiger partial charge on any atom is -0.381 e. The van der Waals surface area contributed by atoms with Crippen molar-refractivity contribution in [2.24, 2.45) is 0 Å². The minimum atomic E-state index is -0.113. The molecule has 1 aliphatic rings. The Hall–Kier alpha value is -1.78. The van der Waals surface area contributed by atoms with E-state index in [0.29, 0.717) is 0 Å². The molecule has 1 saturated heterocycles. The summed E-state index contributed by atoms with van der Waals surface area (Å²) in [6.07, 6.45) is 5.72. The number of hydrogen-bond donors (Lipinski definition) is 1. The maximum atomic E-state index is 5.56. The summed E-state index contributed by atoms with van der Waals surface area (Å²) in [5.41, 5.74) is 2.28. The van der Waals surface area contributed by atoms with Crippen LogP contribution in [0.5, 0.6) is 0 Å². The highest BCUT2D eigenvalue weighted by molar-refractivity contribution is 5.33. The van der Waals surface area contributed by atoms with Gasteiger partial charge in [0.05, 0.1) is 5.41 Å². The lowest BCUT2D eigenvalue weighted by atomic mass is 9.73. The van der Waals surface area contributed by atoms with Crippen molar-refractivity contribution in [3.63, 3.8) is 0 Å². The Bertz CT molecular complexity index is 562. The van der Waals surface area contributed by atoms with Crippen molar-refractivity contribution < 1.29 is 4.74 Å². The molecule has 0 amide bonds. The molecule has 0 saturated carbocycles. The molecule has 0 spiro atoms. The molecule has 1 aliphatic heterocycles. The van der Waals surface area contributed by atoms with Crippen molar-refractivity contribution in [1.82, 2.24) is 15.3 Å². The van der Waals surface area contributed by atoms with E-state index in [1.807, 2.05) is 25.5 Å². The Labute approximate surface area is 125 Å². The third-order valence-electron chi connectivity index (χ3n) is 4.19. The van der Waals surface area contributed by atoms with E-state index in [1.54, 1.807) is 0 Å². The zero-order chi connectivity index (χ0) is 14.5. The maximum absolute atomic E-state index is 5.56. The van der Waals surface area contributed by atoms with Crippen LogP contribution in [0.25, 0.3) is 0 Å². The van der Waals surface area contributed by atoms with E-state index in [2.05, 4.69) is 39.6 Å². The van der Waals surface area contributed by atoms with E-state index < -0.39 is 0 Å². The van der Waals surface area contributed by atoms with Gasteiger partial charge >= 0.3 is 0 Å². The summed E-state index contributed by atoms with van der Waals surface area (Å²) in [7, 11) is 1.93. The lowest BCUT2D eigenvalue weighted by Gasteiger charge is -2.36. The van der Waals surface area contributed by atoms with Gasteiger partial charge < -0.3 is 10.1 Å². The Kier molecular flexibility index (Phi) is 4.27. The zero-order valence-corrected chi connectivity index (χ0v) is 12.4. The van der Waals surface area contributed by atoms with Gasteiger partial charge in [0.2, 0.25) is 0 Å². The smallest absolute Gasteiger partial charge is 0.138 e. The molecule has 1 fully saturated rings. The normalized spacial score (nSPS) is 17.6. The van der Waals surface area contributed by atoms with Crippen molar-refractivity contribution in [2.75, 3.05) is 20.3 Å². The first kappa shape index (κ1) is 14.2. The zero-order valence-electron chi connectivity index (χ0n) is 12.4. The van der Waals surface area contributed by atoms with E-state index in [0.717, 1.165) is 44.0 Å². The number of aromatic nitrogens is 2. The first-order valence-corrected chi connectivity index (χ1v) is 7.44. The molecule has 0 aliphatic carbocycles. The SMILES string of the molecule is CNCc1cnc(C2(c3ccccc3)CCOCC2)nc1. The molecule has 4 heteroatoms. The van der Waals surface area contributed by atoms with E-state index in [4.69, 9.17) is 4.74 Å². The fourth-order valence-electron chi connectivity index (χ4n) is 3.02. The van der Waals surface area contributed by atoms with Crippen LogP contribution in [0.1, 0.15) is 29.8 Å². The molecule has 21 heavy (non-hydrogen) atoms. The number of rotatable bonds is 4. The van der Waals surface area contributed by atoms with Crippen LogP contribution in [-0.4, -0.2) is 30.2 Å². The van der Waals surface area contributed by atoms with Gasteiger partial charge in [-0.2, -0.15) is 0 Å². The topological polar surface area (TPSA) is 47.0 Å². The summed E-state index contributed by atoms with van der Waals surface area (Å²) >= 11 is 0. The fourth-order valence-corrected chi connectivity index (χ4v) is 3.02. The van der Waals surface area contributed by atoms with Crippen LogP contribution < -0.4 is 5.32 Å². The van der Waals surface area contributed by atoms with Crippen LogP contribution in [-0.2, 0) is 16.7 Å². The van der Waals surface area contributed by atoms with Gasteiger partial charge in [0.15, 0.2) is 0 Å². The second-order valence-corrected chi connectivity index (χ2v) is 5.51. The van der Waals surface area contributed by atoms with Gasteiger partial charge in [-0.15, -0.1) is 0 Å². The highest BCUT2D eigenvalue weighted by atomic mass is 16.5. The molecular weight excluding hydrogens is 262 g/mol. The Morgan fingerprint density at radius 1 is 1.10 bits per heavy atom. The lowest BCUT2D eigenvalue weighted by Crippen LogP contribution is -2.36. The summed E-state index contributed by atoms with van der Waals surface area (Å²) < 4.78 is 5.56. The quantitative estimate of drug-likeness (QED) is 0.935. The molecule has 0 unspecified atom stereocenters. The Morgan fingerprint density at radius 3 is 2.38 bits per heavy atom. The van der Waals surface area contributed by atoms with Crippen LogP contribution in [0.3, 0.4) is 0 Å². The van der Waals surface area contributed by atoms with Crippen LogP contribution in [0, 0.1) is 0 Å². The highest BCUT2D eigenvalue weighted by Gasteiger charge is 2.38. The van der Waals surface area contributed by atoms with Crippen molar-refractivity contribution >= 4 is 0 Å². The van der Waals surface area contributed by atoms with Crippen LogP contribution in [0.2, 0.25) is 0 Å². The number of nitrogens with one attached hydrogen (secondary N) is 1. The molecule has 2 aromatic rings. The first-order valence-electron chi connectivity index (χ1n) is 7.44. The molecule has 1 aromatic heterocycles. The van der Waals surface area contributed by atoms with Gasteiger partial charge in [0, 0.05) is 37.7 Å². The largest absolute Gasteiger partial charge is 0.381 e. The monoisotopic (exact) mass is 283 g/mol. The van der Waals surface area contributed by atoms with Gasteiger partial charge in [0.25, 0.3) is 0 Å². The molecule has 110 valence electrons. The van der Waals surface area contributed by atoms with Gasteiger partial charge in [-0.3, -0.25) is 0 Å². The van der Waals surface area contributed by atoms with Gasteiger partial charge in [-0.25, -0.2) is 9.97 Å². The lowest BCUT2D eigenvalue weighted by molar-refractivity contribution is 0.0604. The summed E-state index contributed by atoms with van der Waals surface area (Å²) in [6.45, 7) is 2.31. The predicted octanol–water partition coefficient (Wildman–Crippen LogP) is 2.29. The average molecular weight is 283 g/mol. The second kappa shape index (κ2) is 6.33. The molecule has 1 aromatic carbocycles. The minimum absolute atomic E-state index is 0.113. The summed E-state index contributed by atoms with van der Waals surface area (Å²) in [6, 6.07) is 10.6. The van der Waals surface area contributed by atoms with Crippen molar-refractivity contribution in [3.8, 4) is 0 Å². The molecular formula is C17H21N3O. The third-order valence-corrected chi connectivity index (χ3v) is 4.19. The van der Waals surface area contributed by atoms with Crippen molar-refractivity contribution in [1.29, 1.82) is 0 Å². The van der Waals surface area contributed by atoms with Crippen LogP contribution in [0.4, 0.5) is 0 Å². The van der Waals surface area contributed by atoms with E-state index in [-0.39, 0.29) is 5.41 Å². The number of benzene rings is 1. The molecule has 3 rings (SSSR count). The van der Waals surface area contributed by atoms with Gasteiger partial charge in [-0.05, 0) is 25.5 Å². The molecule has 4 nitrogen and oxygen atoms in total. The van der Waals surface area contributed by atoms with Crippen molar-refractivity contribution in [3.05, 3.63) is 59.7 Å². The fraction of sp³-hybridized carbons (Fsp3) is 0.412. The first-order chi connectivity index (χ1) is 10.3. The number of nitrogens with zero attached hydrogens (tertiary/aromatic N) is 2. The summed E-state index contributed by atoms with van der Waals surface area (Å²) in [5.74, 6) is 0.914. The number of hydrogen-bond acceptors (Lipinski definition) is 4. The molecule has 0 radical (unpaired) electrons. The van der Waals surface area contributed by atoms with E-state index in [1.165, 1.54) is 5.56 Å².